The van der Waals surface area contributed by atoms with E-state index in [2.05, 4.69) is 5.32 Å². The fourth-order valence-electron chi connectivity index (χ4n) is 2.36. The molecule has 1 aromatic rings. The van der Waals surface area contributed by atoms with E-state index in [0.29, 0.717) is 37.2 Å². The summed E-state index contributed by atoms with van der Waals surface area (Å²) < 4.78 is 32.4. The topological polar surface area (TPSA) is 58.6 Å². The van der Waals surface area contributed by atoms with Crippen molar-refractivity contribution in [2.75, 3.05) is 19.7 Å². The number of hydrogen-bond donors (Lipinski definition) is 1. The number of sulfonamides is 1. The van der Waals surface area contributed by atoms with E-state index >= 15 is 0 Å². The van der Waals surface area contributed by atoms with Gasteiger partial charge in [0.15, 0.2) is 0 Å². The van der Waals surface area contributed by atoms with Gasteiger partial charge in [0.05, 0.1) is 17.6 Å². The summed E-state index contributed by atoms with van der Waals surface area (Å²) in [5, 5.41) is 5.25. The minimum Gasteiger partial charge on any atom is -0.376 e. The van der Waals surface area contributed by atoms with Crippen LogP contribution in [0.2, 0.25) is 0 Å². The first kappa shape index (κ1) is 14.5. The molecule has 1 N–H and O–H groups in total. The van der Waals surface area contributed by atoms with Crippen molar-refractivity contribution in [1.29, 1.82) is 0 Å². The predicted molar refractivity (Wildman–Crippen MR) is 78.4 cm³/mol. The molecular weight excluding hydrogens is 296 g/mol. The fourth-order valence-corrected chi connectivity index (χ4v) is 5.22. The van der Waals surface area contributed by atoms with E-state index in [1.54, 1.807) is 10.4 Å². The number of thiophene rings is 1. The van der Waals surface area contributed by atoms with E-state index in [9.17, 15) is 8.42 Å². The number of nitrogens with zero attached hydrogens (tertiary/aromatic N) is 1. The van der Waals surface area contributed by atoms with Crippen LogP contribution in [0.3, 0.4) is 0 Å². The average Bonchev–Trinajstić information content (AvgIpc) is 3.12. The molecule has 1 unspecified atom stereocenters. The Hall–Kier alpha value is -0.470. The van der Waals surface area contributed by atoms with Gasteiger partial charge in [-0.05, 0) is 31.2 Å². The molecule has 5 nitrogen and oxygen atoms in total. The standard InChI is InChI=1S/C13H20N2O3S2/c1-10-9-15(5-6-18-10)20(16,17)13-4-7-19-12(13)8-14-11-2-3-11/h4,7,10-11,14H,2-3,5-6,8-9H2,1H3. The van der Waals surface area contributed by atoms with Crippen molar-refractivity contribution >= 4 is 21.4 Å². The van der Waals surface area contributed by atoms with Gasteiger partial charge in [0.1, 0.15) is 0 Å². The number of hydrogen-bond acceptors (Lipinski definition) is 5. The lowest BCUT2D eigenvalue weighted by molar-refractivity contribution is 0.0102. The average molecular weight is 316 g/mol. The zero-order valence-electron chi connectivity index (χ0n) is 11.5. The molecule has 0 aromatic carbocycles. The molecular formula is C13H20N2O3S2. The van der Waals surface area contributed by atoms with E-state index in [1.807, 2.05) is 12.3 Å². The van der Waals surface area contributed by atoms with Gasteiger partial charge in [0.25, 0.3) is 0 Å². The molecule has 1 aliphatic heterocycles. The Morgan fingerprint density at radius 1 is 1.50 bits per heavy atom. The van der Waals surface area contributed by atoms with Gasteiger partial charge in [0.2, 0.25) is 10.0 Å². The van der Waals surface area contributed by atoms with Crippen LogP contribution in [0.15, 0.2) is 16.3 Å². The Kier molecular flexibility index (Phi) is 4.14. The first-order valence-corrected chi connectivity index (χ1v) is 9.31. The number of nitrogens with one attached hydrogen (secondary N) is 1. The third-order valence-electron chi connectivity index (χ3n) is 3.65. The molecule has 1 saturated carbocycles. The summed E-state index contributed by atoms with van der Waals surface area (Å²) in [4.78, 5) is 1.38. The maximum Gasteiger partial charge on any atom is 0.244 e. The van der Waals surface area contributed by atoms with Crippen molar-refractivity contribution in [3.63, 3.8) is 0 Å². The van der Waals surface area contributed by atoms with Crippen molar-refractivity contribution in [2.45, 2.75) is 43.4 Å². The first-order chi connectivity index (χ1) is 9.57. The summed E-state index contributed by atoms with van der Waals surface area (Å²) in [6.07, 6.45) is 2.37. The summed E-state index contributed by atoms with van der Waals surface area (Å²) in [5.74, 6) is 0. The number of rotatable bonds is 5. The van der Waals surface area contributed by atoms with Crippen LogP contribution in [-0.2, 0) is 21.3 Å². The summed E-state index contributed by atoms with van der Waals surface area (Å²) in [5.41, 5.74) is 0. The molecule has 0 spiro atoms. The molecule has 0 radical (unpaired) electrons. The molecule has 1 aromatic heterocycles. The summed E-state index contributed by atoms with van der Waals surface area (Å²) in [6, 6.07) is 2.31. The van der Waals surface area contributed by atoms with Gasteiger partial charge in [-0.15, -0.1) is 11.3 Å². The van der Waals surface area contributed by atoms with E-state index in [0.717, 1.165) is 4.88 Å². The first-order valence-electron chi connectivity index (χ1n) is 6.99. The minimum atomic E-state index is -3.39. The van der Waals surface area contributed by atoms with Gasteiger partial charge in [-0.1, -0.05) is 0 Å². The van der Waals surface area contributed by atoms with Crippen molar-refractivity contribution in [3.8, 4) is 0 Å². The third-order valence-corrected chi connectivity index (χ3v) is 6.65. The van der Waals surface area contributed by atoms with Crippen LogP contribution in [0.5, 0.6) is 0 Å². The van der Waals surface area contributed by atoms with Crippen molar-refractivity contribution in [3.05, 3.63) is 16.3 Å². The fraction of sp³-hybridized carbons (Fsp3) is 0.692. The Balaban J connectivity index is 1.77. The zero-order chi connectivity index (χ0) is 14.2. The largest absolute Gasteiger partial charge is 0.376 e. The predicted octanol–water partition coefficient (Wildman–Crippen LogP) is 1.41. The lowest BCUT2D eigenvalue weighted by Crippen LogP contribution is -2.44. The molecule has 7 heteroatoms. The smallest absolute Gasteiger partial charge is 0.244 e. The Morgan fingerprint density at radius 2 is 2.30 bits per heavy atom. The second kappa shape index (κ2) is 5.73. The molecule has 1 aliphatic carbocycles. The van der Waals surface area contributed by atoms with Crippen LogP contribution in [-0.4, -0.2) is 44.6 Å². The van der Waals surface area contributed by atoms with E-state index < -0.39 is 10.0 Å². The second-order valence-corrected chi connectivity index (χ2v) is 8.31. The molecule has 1 saturated heterocycles. The summed E-state index contributed by atoms with van der Waals surface area (Å²) in [6.45, 7) is 3.91. The van der Waals surface area contributed by atoms with Crippen molar-refractivity contribution in [2.24, 2.45) is 0 Å². The summed E-state index contributed by atoms with van der Waals surface area (Å²) in [7, 11) is -3.39. The maximum atomic E-state index is 12.7. The number of ether oxygens (including phenoxy) is 1. The van der Waals surface area contributed by atoms with Gasteiger partial charge in [-0.25, -0.2) is 8.42 Å². The van der Waals surface area contributed by atoms with E-state index in [1.165, 1.54) is 24.2 Å². The molecule has 20 heavy (non-hydrogen) atoms. The second-order valence-electron chi connectivity index (χ2n) is 5.41. The molecule has 1 atom stereocenters. The highest BCUT2D eigenvalue weighted by atomic mass is 32.2. The summed E-state index contributed by atoms with van der Waals surface area (Å²) >= 11 is 1.51. The highest BCUT2D eigenvalue weighted by Crippen LogP contribution is 2.28. The van der Waals surface area contributed by atoms with Crippen LogP contribution < -0.4 is 5.32 Å². The quantitative estimate of drug-likeness (QED) is 0.892. The van der Waals surface area contributed by atoms with Gasteiger partial charge in [0, 0.05) is 30.6 Å². The normalized spacial score (nSPS) is 24.9. The van der Waals surface area contributed by atoms with Gasteiger partial charge < -0.3 is 10.1 Å². The molecule has 3 rings (SSSR count). The molecule has 2 fully saturated rings. The highest BCUT2D eigenvalue weighted by Gasteiger charge is 2.31. The van der Waals surface area contributed by atoms with Crippen LogP contribution in [0, 0.1) is 0 Å². The van der Waals surface area contributed by atoms with Crippen molar-refractivity contribution in [1.82, 2.24) is 9.62 Å². The maximum absolute atomic E-state index is 12.7. The van der Waals surface area contributed by atoms with Gasteiger partial charge in [-0.3, -0.25) is 0 Å². The molecule has 0 bridgehead atoms. The van der Waals surface area contributed by atoms with Crippen LogP contribution in [0.25, 0.3) is 0 Å². The number of morpholine rings is 1. The lowest BCUT2D eigenvalue weighted by atomic mass is 10.3. The minimum absolute atomic E-state index is 0.0369. The van der Waals surface area contributed by atoms with E-state index in [4.69, 9.17) is 4.74 Å². The molecule has 2 aliphatic rings. The van der Waals surface area contributed by atoms with Gasteiger partial charge in [-0.2, -0.15) is 4.31 Å². The van der Waals surface area contributed by atoms with Crippen LogP contribution in [0.1, 0.15) is 24.6 Å². The monoisotopic (exact) mass is 316 g/mol. The van der Waals surface area contributed by atoms with Crippen LogP contribution >= 0.6 is 11.3 Å². The van der Waals surface area contributed by atoms with E-state index in [-0.39, 0.29) is 6.10 Å². The molecule has 0 amide bonds. The SMILES string of the molecule is CC1CN(S(=O)(=O)c2ccsc2CNC2CC2)CCO1. The molecule has 2 heterocycles. The lowest BCUT2D eigenvalue weighted by Gasteiger charge is -2.30. The third kappa shape index (κ3) is 3.07. The van der Waals surface area contributed by atoms with Crippen molar-refractivity contribution < 1.29 is 13.2 Å². The van der Waals surface area contributed by atoms with Gasteiger partial charge >= 0.3 is 0 Å². The Bertz CT molecular complexity index is 566. The molecule has 112 valence electrons. The Labute approximate surface area is 124 Å². The Morgan fingerprint density at radius 3 is 3.00 bits per heavy atom. The highest BCUT2D eigenvalue weighted by molar-refractivity contribution is 7.89. The zero-order valence-corrected chi connectivity index (χ0v) is 13.2. The van der Waals surface area contributed by atoms with Crippen LogP contribution in [0.4, 0.5) is 0 Å².